The Morgan fingerprint density at radius 3 is 2.24 bits per heavy atom. The van der Waals surface area contributed by atoms with Crippen LogP contribution in [0.4, 0.5) is 10.1 Å². The molecule has 148 valence electrons. The summed E-state index contributed by atoms with van der Waals surface area (Å²) in [6, 6.07) is 20.3. The van der Waals surface area contributed by atoms with Gasteiger partial charge in [0.05, 0.1) is 0 Å². The van der Waals surface area contributed by atoms with E-state index in [-0.39, 0.29) is 6.61 Å². The van der Waals surface area contributed by atoms with Gasteiger partial charge in [-0.1, -0.05) is 41.9 Å². The van der Waals surface area contributed by atoms with Crippen LogP contribution in [0.5, 0.6) is 5.75 Å². The van der Waals surface area contributed by atoms with Gasteiger partial charge in [0.1, 0.15) is 11.6 Å². The largest absolute Gasteiger partial charge is 0.482 e. The summed E-state index contributed by atoms with van der Waals surface area (Å²) in [5.74, 6) is -1.27. The number of hydrogen-bond donors (Lipinski definition) is 1. The highest BCUT2D eigenvalue weighted by atomic mass is 35.5. The molecule has 0 fully saturated rings. The van der Waals surface area contributed by atoms with Crippen molar-refractivity contribution in [2.75, 3.05) is 11.9 Å². The molecule has 0 unspecified atom stereocenters. The van der Waals surface area contributed by atoms with Crippen LogP contribution in [0.1, 0.15) is 11.7 Å². The van der Waals surface area contributed by atoms with Crippen LogP contribution in [0.2, 0.25) is 5.02 Å². The zero-order valence-electron chi connectivity index (χ0n) is 15.2. The third-order valence-electron chi connectivity index (χ3n) is 3.87. The molecule has 0 aliphatic rings. The van der Waals surface area contributed by atoms with Crippen LogP contribution >= 0.6 is 11.6 Å². The van der Waals surface area contributed by atoms with Crippen LogP contribution in [0, 0.1) is 5.82 Å². The summed E-state index contributed by atoms with van der Waals surface area (Å²) < 4.78 is 23.8. The standard InChI is InChI=1S/C22H17ClFNO4/c23-16-6-12-19(13-7-16)28-14-20(26)29-21(15-4-2-1-3-5-15)22(27)25-18-10-8-17(24)9-11-18/h1-13,21H,14H2,(H,25,27)/t21-/m0/s1. The minimum atomic E-state index is -1.19. The number of nitrogens with one attached hydrogen (secondary N) is 1. The second kappa shape index (κ2) is 9.71. The first kappa shape index (κ1) is 20.4. The fraction of sp³-hybridized carbons (Fsp3) is 0.0909. The van der Waals surface area contributed by atoms with E-state index in [1.54, 1.807) is 54.6 Å². The summed E-state index contributed by atoms with van der Waals surface area (Å²) in [4.78, 5) is 25.0. The number of anilines is 1. The second-order valence-corrected chi connectivity index (χ2v) is 6.46. The van der Waals surface area contributed by atoms with Gasteiger partial charge >= 0.3 is 5.97 Å². The van der Waals surface area contributed by atoms with Crippen molar-refractivity contribution in [3.05, 3.63) is 95.3 Å². The molecule has 1 amide bonds. The van der Waals surface area contributed by atoms with E-state index in [0.717, 1.165) is 0 Å². The molecule has 7 heteroatoms. The third kappa shape index (κ3) is 6.05. The molecular weight excluding hydrogens is 397 g/mol. The Morgan fingerprint density at radius 1 is 0.931 bits per heavy atom. The third-order valence-corrected chi connectivity index (χ3v) is 4.12. The normalized spacial score (nSPS) is 11.4. The highest BCUT2D eigenvalue weighted by Gasteiger charge is 2.25. The number of benzene rings is 3. The topological polar surface area (TPSA) is 64.6 Å². The monoisotopic (exact) mass is 413 g/mol. The fourth-order valence-electron chi connectivity index (χ4n) is 2.48. The van der Waals surface area contributed by atoms with Crippen molar-refractivity contribution in [1.29, 1.82) is 0 Å². The molecule has 0 radical (unpaired) electrons. The first-order valence-electron chi connectivity index (χ1n) is 8.70. The number of ether oxygens (including phenoxy) is 2. The molecule has 3 aromatic rings. The van der Waals surface area contributed by atoms with Gasteiger partial charge in [-0.3, -0.25) is 4.79 Å². The first-order valence-corrected chi connectivity index (χ1v) is 9.08. The lowest BCUT2D eigenvalue weighted by molar-refractivity contribution is -0.156. The van der Waals surface area contributed by atoms with E-state index < -0.39 is 23.8 Å². The summed E-state index contributed by atoms with van der Waals surface area (Å²) >= 11 is 5.81. The van der Waals surface area contributed by atoms with Crippen molar-refractivity contribution in [2.45, 2.75) is 6.10 Å². The Kier molecular flexibility index (Phi) is 6.81. The van der Waals surface area contributed by atoms with Crippen molar-refractivity contribution in [2.24, 2.45) is 0 Å². The average molecular weight is 414 g/mol. The summed E-state index contributed by atoms with van der Waals surface area (Å²) in [6.45, 7) is -0.380. The maximum atomic E-state index is 13.1. The molecule has 3 rings (SSSR count). The lowest BCUT2D eigenvalue weighted by Crippen LogP contribution is -2.28. The van der Waals surface area contributed by atoms with Crippen molar-refractivity contribution >= 4 is 29.2 Å². The number of halogens is 2. The minimum absolute atomic E-state index is 0.380. The number of hydrogen-bond acceptors (Lipinski definition) is 4. The quantitative estimate of drug-likeness (QED) is 0.566. The zero-order chi connectivity index (χ0) is 20.6. The Labute approximate surface area is 172 Å². The second-order valence-electron chi connectivity index (χ2n) is 6.02. The van der Waals surface area contributed by atoms with Crippen LogP contribution in [-0.4, -0.2) is 18.5 Å². The van der Waals surface area contributed by atoms with Gasteiger partial charge in [0, 0.05) is 16.3 Å². The first-order chi connectivity index (χ1) is 14.0. The molecule has 0 aromatic heterocycles. The van der Waals surface area contributed by atoms with Gasteiger partial charge < -0.3 is 14.8 Å². The van der Waals surface area contributed by atoms with Crippen LogP contribution < -0.4 is 10.1 Å². The molecule has 0 aliphatic carbocycles. The Morgan fingerprint density at radius 2 is 1.59 bits per heavy atom. The van der Waals surface area contributed by atoms with Gasteiger partial charge in [-0.2, -0.15) is 0 Å². The maximum absolute atomic E-state index is 13.1. The van der Waals surface area contributed by atoms with E-state index in [2.05, 4.69) is 5.32 Å². The molecule has 0 saturated carbocycles. The molecule has 0 heterocycles. The van der Waals surface area contributed by atoms with Gasteiger partial charge in [0.15, 0.2) is 6.61 Å². The maximum Gasteiger partial charge on any atom is 0.345 e. The summed E-state index contributed by atoms with van der Waals surface area (Å²) in [5.41, 5.74) is 0.873. The van der Waals surface area contributed by atoms with E-state index in [4.69, 9.17) is 21.1 Å². The predicted molar refractivity (Wildman–Crippen MR) is 107 cm³/mol. The lowest BCUT2D eigenvalue weighted by Gasteiger charge is -2.18. The average Bonchev–Trinajstić information content (AvgIpc) is 2.74. The van der Waals surface area contributed by atoms with Gasteiger partial charge in [0.25, 0.3) is 5.91 Å². The molecule has 0 aliphatic heterocycles. The Hall–Kier alpha value is -3.38. The predicted octanol–water partition coefficient (Wildman–Crippen LogP) is 4.78. The smallest absolute Gasteiger partial charge is 0.345 e. The number of carbonyl (C=O) groups excluding carboxylic acids is 2. The molecule has 0 spiro atoms. The fourth-order valence-corrected chi connectivity index (χ4v) is 2.61. The SMILES string of the molecule is O=C(COc1ccc(Cl)cc1)O[C@H](C(=O)Nc1ccc(F)cc1)c1ccccc1. The molecule has 0 saturated heterocycles. The number of esters is 1. The van der Waals surface area contributed by atoms with E-state index in [1.165, 1.54) is 24.3 Å². The minimum Gasteiger partial charge on any atom is -0.482 e. The number of carbonyl (C=O) groups is 2. The Bertz CT molecular complexity index is 962. The van der Waals surface area contributed by atoms with Gasteiger partial charge in [-0.25, -0.2) is 9.18 Å². The Balaban J connectivity index is 1.68. The summed E-state index contributed by atoms with van der Waals surface area (Å²) in [7, 11) is 0. The molecule has 1 atom stereocenters. The molecule has 3 aromatic carbocycles. The number of rotatable bonds is 7. The summed E-state index contributed by atoms with van der Waals surface area (Å²) in [5, 5.41) is 3.16. The van der Waals surface area contributed by atoms with Crippen LogP contribution in [0.3, 0.4) is 0 Å². The van der Waals surface area contributed by atoms with Gasteiger partial charge in [0.2, 0.25) is 6.10 Å². The van der Waals surface area contributed by atoms with Crippen LogP contribution in [0.25, 0.3) is 0 Å². The van der Waals surface area contributed by atoms with Crippen molar-refractivity contribution in [3.8, 4) is 5.75 Å². The molecule has 29 heavy (non-hydrogen) atoms. The van der Waals surface area contributed by atoms with E-state index in [9.17, 15) is 14.0 Å². The van der Waals surface area contributed by atoms with Gasteiger partial charge in [-0.15, -0.1) is 0 Å². The van der Waals surface area contributed by atoms with Crippen molar-refractivity contribution in [1.82, 2.24) is 0 Å². The molecule has 0 bridgehead atoms. The zero-order valence-corrected chi connectivity index (χ0v) is 15.9. The molecule has 1 N–H and O–H groups in total. The van der Waals surface area contributed by atoms with E-state index in [0.29, 0.717) is 22.0 Å². The van der Waals surface area contributed by atoms with E-state index in [1.807, 2.05) is 0 Å². The highest BCUT2D eigenvalue weighted by Crippen LogP contribution is 2.21. The van der Waals surface area contributed by atoms with Crippen LogP contribution in [0.15, 0.2) is 78.9 Å². The van der Waals surface area contributed by atoms with Crippen LogP contribution in [-0.2, 0) is 14.3 Å². The molecule has 5 nitrogen and oxygen atoms in total. The van der Waals surface area contributed by atoms with Crippen molar-refractivity contribution < 1.29 is 23.5 Å². The van der Waals surface area contributed by atoms with E-state index >= 15 is 0 Å². The lowest BCUT2D eigenvalue weighted by atomic mass is 10.1. The molecular formula is C22H17ClFNO4. The summed E-state index contributed by atoms with van der Waals surface area (Å²) in [6.07, 6.45) is -1.19. The number of amides is 1. The van der Waals surface area contributed by atoms with Gasteiger partial charge in [-0.05, 0) is 48.5 Å². The van der Waals surface area contributed by atoms with Crippen molar-refractivity contribution in [3.63, 3.8) is 0 Å². The highest BCUT2D eigenvalue weighted by molar-refractivity contribution is 6.30.